The SMILES string of the molecule is CCc1cc(-c2ccc(C)cc2)n(-c2ccc(NS(=O)[O-])cc2)n1. The number of aryl methyl sites for hydroxylation is 2. The van der Waals surface area contributed by atoms with Gasteiger partial charge in [0.25, 0.3) is 0 Å². The maximum atomic E-state index is 10.7. The summed E-state index contributed by atoms with van der Waals surface area (Å²) in [5, 5.41) is 4.66. The van der Waals surface area contributed by atoms with Crippen molar-refractivity contribution in [2.24, 2.45) is 0 Å². The molecule has 0 aliphatic carbocycles. The van der Waals surface area contributed by atoms with E-state index in [1.54, 1.807) is 12.1 Å². The normalized spacial score (nSPS) is 12.1. The van der Waals surface area contributed by atoms with Gasteiger partial charge in [0.05, 0.1) is 17.1 Å². The van der Waals surface area contributed by atoms with Crippen LogP contribution in [-0.4, -0.2) is 18.5 Å². The molecular formula is C18H18N3O2S-. The lowest BCUT2D eigenvalue weighted by Crippen LogP contribution is -2.03. The molecule has 1 N–H and O–H groups in total. The topological polar surface area (TPSA) is 70.0 Å². The zero-order chi connectivity index (χ0) is 17.1. The highest BCUT2D eigenvalue weighted by Crippen LogP contribution is 2.25. The van der Waals surface area contributed by atoms with Crippen molar-refractivity contribution in [3.8, 4) is 16.9 Å². The number of nitrogens with zero attached hydrogens (tertiary/aromatic N) is 2. The Morgan fingerprint density at radius 3 is 2.38 bits per heavy atom. The van der Waals surface area contributed by atoms with Gasteiger partial charge < -0.3 is 9.27 Å². The van der Waals surface area contributed by atoms with Gasteiger partial charge in [-0.25, -0.2) is 4.68 Å². The molecule has 1 heterocycles. The molecule has 0 bridgehead atoms. The van der Waals surface area contributed by atoms with Gasteiger partial charge in [0.1, 0.15) is 0 Å². The number of nitrogens with one attached hydrogen (secondary N) is 1. The summed E-state index contributed by atoms with van der Waals surface area (Å²) < 4.78 is 25.6. The summed E-state index contributed by atoms with van der Waals surface area (Å²) in [6.07, 6.45) is 0.848. The maximum absolute atomic E-state index is 10.7. The minimum Gasteiger partial charge on any atom is -0.755 e. The van der Waals surface area contributed by atoms with E-state index in [0.29, 0.717) is 5.69 Å². The fourth-order valence-electron chi connectivity index (χ4n) is 2.50. The van der Waals surface area contributed by atoms with Gasteiger partial charge in [0, 0.05) is 22.5 Å². The van der Waals surface area contributed by atoms with Crippen LogP contribution in [0.1, 0.15) is 18.2 Å². The van der Waals surface area contributed by atoms with Gasteiger partial charge in [-0.3, -0.25) is 4.21 Å². The van der Waals surface area contributed by atoms with E-state index in [2.05, 4.69) is 54.0 Å². The lowest BCUT2D eigenvalue weighted by molar-refractivity contribution is 0.542. The highest BCUT2D eigenvalue weighted by molar-refractivity contribution is 7.80. The first-order valence-electron chi connectivity index (χ1n) is 7.69. The van der Waals surface area contributed by atoms with Crippen LogP contribution in [0.4, 0.5) is 5.69 Å². The molecular weight excluding hydrogens is 322 g/mol. The Morgan fingerprint density at radius 1 is 1.12 bits per heavy atom. The van der Waals surface area contributed by atoms with Crippen molar-refractivity contribution in [2.45, 2.75) is 20.3 Å². The first kappa shape index (κ1) is 16.4. The van der Waals surface area contributed by atoms with Crippen LogP contribution >= 0.6 is 0 Å². The zero-order valence-corrected chi connectivity index (χ0v) is 14.3. The van der Waals surface area contributed by atoms with Crippen LogP contribution < -0.4 is 4.72 Å². The zero-order valence-electron chi connectivity index (χ0n) is 13.5. The molecule has 6 heteroatoms. The van der Waals surface area contributed by atoms with E-state index >= 15 is 0 Å². The van der Waals surface area contributed by atoms with E-state index in [4.69, 9.17) is 0 Å². The Balaban J connectivity index is 2.02. The molecule has 3 rings (SSSR count). The summed E-state index contributed by atoms with van der Waals surface area (Å²) in [4.78, 5) is 0. The maximum Gasteiger partial charge on any atom is 0.0743 e. The quantitative estimate of drug-likeness (QED) is 0.721. The van der Waals surface area contributed by atoms with Crippen molar-refractivity contribution >= 4 is 17.0 Å². The fourth-order valence-corrected chi connectivity index (χ4v) is 2.83. The summed E-state index contributed by atoms with van der Waals surface area (Å²) >= 11 is -2.32. The predicted octanol–water partition coefficient (Wildman–Crippen LogP) is 3.62. The van der Waals surface area contributed by atoms with E-state index in [1.165, 1.54) is 5.56 Å². The average molecular weight is 340 g/mol. The van der Waals surface area contributed by atoms with Crippen molar-refractivity contribution < 1.29 is 8.76 Å². The monoisotopic (exact) mass is 340 g/mol. The molecule has 0 saturated heterocycles. The van der Waals surface area contributed by atoms with Crippen LogP contribution in [0.15, 0.2) is 54.6 Å². The largest absolute Gasteiger partial charge is 0.755 e. The van der Waals surface area contributed by atoms with Crippen LogP contribution in [0.25, 0.3) is 16.9 Å². The summed E-state index contributed by atoms with van der Waals surface area (Å²) in [6, 6.07) is 17.5. The molecule has 1 atom stereocenters. The van der Waals surface area contributed by atoms with Gasteiger partial charge in [0.2, 0.25) is 0 Å². The van der Waals surface area contributed by atoms with Crippen molar-refractivity contribution in [1.82, 2.24) is 9.78 Å². The minimum atomic E-state index is -2.32. The Bertz CT molecular complexity index is 855. The molecule has 0 fully saturated rings. The fraction of sp³-hybridized carbons (Fsp3) is 0.167. The molecule has 2 aromatic carbocycles. The van der Waals surface area contributed by atoms with Crippen LogP contribution in [0.5, 0.6) is 0 Å². The predicted molar refractivity (Wildman–Crippen MR) is 95.7 cm³/mol. The van der Waals surface area contributed by atoms with Crippen molar-refractivity contribution in [3.63, 3.8) is 0 Å². The summed E-state index contributed by atoms with van der Waals surface area (Å²) in [5.74, 6) is 0. The summed E-state index contributed by atoms with van der Waals surface area (Å²) in [7, 11) is 0. The van der Waals surface area contributed by atoms with E-state index in [1.807, 2.05) is 16.8 Å². The Morgan fingerprint density at radius 2 is 1.79 bits per heavy atom. The van der Waals surface area contributed by atoms with Gasteiger partial charge in [0.15, 0.2) is 0 Å². The third-order valence-corrected chi connectivity index (χ3v) is 4.18. The van der Waals surface area contributed by atoms with Gasteiger partial charge in [-0.15, -0.1) is 0 Å². The van der Waals surface area contributed by atoms with Gasteiger partial charge >= 0.3 is 0 Å². The Hall–Kier alpha value is -2.44. The lowest BCUT2D eigenvalue weighted by atomic mass is 10.1. The van der Waals surface area contributed by atoms with Crippen molar-refractivity contribution in [2.75, 3.05) is 4.72 Å². The summed E-state index contributed by atoms with van der Waals surface area (Å²) in [6.45, 7) is 4.13. The van der Waals surface area contributed by atoms with Gasteiger partial charge in [-0.2, -0.15) is 5.10 Å². The first-order valence-corrected chi connectivity index (χ1v) is 8.76. The van der Waals surface area contributed by atoms with Gasteiger partial charge in [-0.1, -0.05) is 36.8 Å². The van der Waals surface area contributed by atoms with E-state index in [0.717, 1.165) is 29.1 Å². The lowest BCUT2D eigenvalue weighted by Gasteiger charge is -2.11. The molecule has 1 aromatic heterocycles. The number of aromatic nitrogens is 2. The highest BCUT2D eigenvalue weighted by Gasteiger charge is 2.11. The second-order valence-electron chi connectivity index (χ2n) is 5.54. The Labute approximate surface area is 143 Å². The minimum absolute atomic E-state index is 0.520. The summed E-state index contributed by atoms with van der Waals surface area (Å²) in [5.41, 5.74) is 5.73. The number of rotatable bonds is 5. The molecule has 24 heavy (non-hydrogen) atoms. The molecule has 0 amide bonds. The van der Waals surface area contributed by atoms with Crippen LogP contribution in [0.2, 0.25) is 0 Å². The number of anilines is 1. The second-order valence-corrected chi connectivity index (χ2v) is 6.21. The third-order valence-electron chi connectivity index (χ3n) is 3.78. The molecule has 1 unspecified atom stereocenters. The number of hydrogen-bond acceptors (Lipinski definition) is 3. The number of hydrogen-bond donors (Lipinski definition) is 1. The molecule has 0 radical (unpaired) electrons. The van der Waals surface area contributed by atoms with Gasteiger partial charge in [-0.05, 0) is 43.7 Å². The van der Waals surface area contributed by atoms with E-state index in [-0.39, 0.29) is 0 Å². The molecule has 0 aliphatic heterocycles. The smallest absolute Gasteiger partial charge is 0.0743 e. The van der Waals surface area contributed by atoms with Crippen LogP contribution in [0, 0.1) is 6.92 Å². The van der Waals surface area contributed by atoms with Crippen LogP contribution in [-0.2, 0) is 17.7 Å². The third kappa shape index (κ3) is 3.55. The number of benzene rings is 2. The molecule has 0 saturated carbocycles. The standard InChI is InChI=1S/C18H19N3O2S/c1-3-15-12-18(14-6-4-13(2)5-7-14)21(19-15)17-10-8-16(9-11-17)20-24(22)23/h4-12,20H,3H2,1-2H3,(H,22,23)/p-1. The van der Waals surface area contributed by atoms with Crippen LogP contribution in [0.3, 0.4) is 0 Å². The highest BCUT2D eigenvalue weighted by atomic mass is 32.2. The molecule has 0 aliphatic rings. The van der Waals surface area contributed by atoms with E-state index in [9.17, 15) is 8.76 Å². The van der Waals surface area contributed by atoms with Crippen molar-refractivity contribution in [3.05, 3.63) is 65.9 Å². The molecule has 5 nitrogen and oxygen atoms in total. The molecule has 0 spiro atoms. The second kappa shape index (κ2) is 6.98. The average Bonchev–Trinajstić information content (AvgIpc) is 3.00. The molecule has 124 valence electrons. The van der Waals surface area contributed by atoms with E-state index < -0.39 is 11.3 Å². The Kier molecular flexibility index (Phi) is 4.78. The molecule has 3 aromatic rings. The first-order chi connectivity index (χ1) is 11.6. The van der Waals surface area contributed by atoms with Crippen molar-refractivity contribution in [1.29, 1.82) is 0 Å².